The molecule has 2 atom stereocenters. The molecule has 0 saturated heterocycles. The molecule has 1 aromatic rings. The zero-order chi connectivity index (χ0) is 13.1. The van der Waals surface area contributed by atoms with Gasteiger partial charge in [0.2, 0.25) is 5.91 Å². The summed E-state index contributed by atoms with van der Waals surface area (Å²) in [6, 6.07) is 0.182. The predicted octanol–water partition coefficient (Wildman–Crippen LogP) is 1.05. The van der Waals surface area contributed by atoms with Gasteiger partial charge in [-0.3, -0.25) is 4.79 Å². The van der Waals surface area contributed by atoms with E-state index in [4.69, 9.17) is 4.74 Å². The van der Waals surface area contributed by atoms with Crippen molar-refractivity contribution in [3.8, 4) is 0 Å². The zero-order valence-electron chi connectivity index (χ0n) is 11.3. The third-order valence-electron chi connectivity index (χ3n) is 3.25. The van der Waals surface area contributed by atoms with Gasteiger partial charge in [0.15, 0.2) is 0 Å². The fraction of sp³-hybridized carbons (Fsp3) is 0.692. The Morgan fingerprint density at radius 3 is 3.22 bits per heavy atom. The van der Waals surface area contributed by atoms with Crippen LogP contribution >= 0.6 is 0 Å². The topological polar surface area (TPSA) is 56.1 Å². The smallest absolute Gasteiger partial charge is 0.249 e. The number of ether oxygens (including phenoxy) is 1. The Bertz CT molecular complexity index is 428. The molecule has 0 spiro atoms. The second-order valence-electron chi connectivity index (χ2n) is 4.79. The second-order valence-corrected chi connectivity index (χ2v) is 4.79. The number of rotatable bonds is 4. The van der Waals surface area contributed by atoms with Crippen LogP contribution in [0.25, 0.3) is 0 Å². The lowest BCUT2D eigenvalue weighted by molar-refractivity contribution is -0.132. The van der Waals surface area contributed by atoms with Gasteiger partial charge in [0.25, 0.3) is 0 Å². The number of carbonyl (C=O) groups is 1. The van der Waals surface area contributed by atoms with Crippen molar-refractivity contribution in [3.05, 3.63) is 17.7 Å². The van der Waals surface area contributed by atoms with Crippen LogP contribution in [0.2, 0.25) is 0 Å². The van der Waals surface area contributed by atoms with E-state index in [1.54, 1.807) is 6.92 Å². The molecule has 0 radical (unpaired) electrons. The van der Waals surface area contributed by atoms with E-state index in [9.17, 15) is 4.79 Å². The SMILES string of the molecule is CCOC(C)C(=O)NC1CCc2nc(C)cn2C1. The summed E-state index contributed by atoms with van der Waals surface area (Å²) < 4.78 is 7.42. The van der Waals surface area contributed by atoms with Gasteiger partial charge in [0.1, 0.15) is 11.9 Å². The van der Waals surface area contributed by atoms with Gasteiger partial charge >= 0.3 is 0 Å². The molecule has 0 fully saturated rings. The van der Waals surface area contributed by atoms with E-state index < -0.39 is 0 Å². The molecule has 1 amide bonds. The molecule has 1 aliphatic rings. The van der Waals surface area contributed by atoms with Crippen LogP contribution in [0, 0.1) is 6.92 Å². The molecule has 5 heteroatoms. The van der Waals surface area contributed by atoms with Crippen molar-refractivity contribution < 1.29 is 9.53 Å². The fourth-order valence-corrected chi connectivity index (χ4v) is 2.35. The molecule has 1 N–H and O–H groups in total. The first-order valence-electron chi connectivity index (χ1n) is 6.54. The number of nitrogens with one attached hydrogen (secondary N) is 1. The average Bonchev–Trinajstić information content (AvgIpc) is 2.68. The summed E-state index contributed by atoms with van der Waals surface area (Å²) >= 11 is 0. The summed E-state index contributed by atoms with van der Waals surface area (Å²) in [4.78, 5) is 16.3. The number of carbonyl (C=O) groups excluding carboxylic acids is 1. The lowest BCUT2D eigenvalue weighted by Gasteiger charge is -2.25. The van der Waals surface area contributed by atoms with Gasteiger partial charge in [-0.25, -0.2) is 4.98 Å². The number of amides is 1. The van der Waals surface area contributed by atoms with Crippen LogP contribution in [0.1, 0.15) is 31.8 Å². The number of aromatic nitrogens is 2. The first-order valence-corrected chi connectivity index (χ1v) is 6.54. The van der Waals surface area contributed by atoms with E-state index >= 15 is 0 Å². The number of fused-ring (bicyclic) bond motifs is 1. The standard InChI is InChI=1S/C13H21N3O2/c1-4-18-10(3)13(17)15-11-5-6-12-14-9(2)7-16(12)8-11/h7,10-11H,4-6,8H2,1-3H3,(H,15,17). The van der Waals surface area contributed by atoms with E-state index in [0.717, 1.165) is 30.9 Å². The number of aryl methyl sites for hydroxylation is 2. The van der Waals surface area contributed by atoms with Crippen LogP contribution in [0.3, 0.4) is 0 Å². The third-order valence-corrected chi connectivity index (χ3v) is 3.25. The van der Waals surface area contributed by atoms with Crippen LogP contribution < -0.4 is 5.32 Å². The lowest BCUT2D eigenvalue weighted by Crippen LogP contribution is -2.45. The van der Waals surface area contributed by atoms with Gasteiger partial charge in [-0.15, -0.1) is 0 Å². The van der Waals surface area contributed by atoms with Crippen LogP contribution in [0.4, 0.5) is 0 Å². The molecular weight excluding hydrogens is 230 g/mol. The third kappa shape index (κ3) is 2.90. The van der Waals surface area contributed by atoms with E-state index in [0.29, 0.717) is 6.61 Å². The van der Waals surface area contributed by atoms with Crippen LogP contribution in [0.5, 0.6) is 0 Å². The molecule has 0 aliphatic carbocycles. The maximum atomic E-state index is 11.9. The fourth-order valence-electron chi connectivity index (χ4n) is 2.35. The number of hydrogen-bond donors (Lipinski definition) is 1. The van der Waals surface area contributed by atoms with Crippen molar-refractivity contribution in [3.63, 3.8) is 0 Å². The molecule has 5 nitrogen and oxygen atoms in total. The highest BCUT2D eigenvalue weighted by Crippen LogP contribution is 2.15. The molecule has 0 aromatic carbocycles. The summed E-state index contributed by atoms with van der Waals surface area (Å²) in [5, 5.41) is 3.04. The first kappa shape index (κ1) is 13.1. The van der Waals surface area contributed by atoms with Crippen molar-refractivity contribution in [2.45, 2.75) is 52.3 Å². The largest absolute Gasteiger partial charge is 0.369 e. The number of nitrogens with zero attached hydrogens (tertiary/aromatic N) is 2. The average molecular weight is 251 g/mol. The maximum Gasteiger partial charge on any atom is 0.249 e. The Hall–Kier alpha value is -1.36. The van der Waals surface area contributed by atoms with Crippen LogP contribution in [0.15, 0.2) is 6.20 Å². The van der Waals surface area contributed by atoms with Crippen molar-refractivity contribution in [1.82, 2.24) is 14.9 Å². The highest BCUT2D eigenvalue weighted by molar-refractivity contribution is 5.80. The van der Waals surface area contributed by atoms with Gasteiger partial charge in [-0.1, -0.05) is 0 Å². The number of imidazole rings is 1. The van der Waals surface area contributed by atoms with Crippen molar-refractivity contribution in [2.24, 2.45) is 0 Å². The Kier molecular flexibility index (Phi) is 4.01. The Morgan fingerprint density at radius 2 is 2.50 bits per heavy atom. The molecule has 1 aromatic heterocycles. The van der Waals surface area contributed by atoms with Gasteiger partial charge in [-0.05, 0) is 27.2 Å². The first-order chi connectivity index (χ1) is 8.60. The second kappa shape index (κ2) is 5.52. The zero-order valence-corrected chi connectivity index (χ0v) is 11.3. The Morgan fingerprint density at radius 1 is 1.72 bits per heavy atom. The van der Waals surface area contributed by atoms with E-state index in [1.807, 2.05) is 20.0 Å². The number of hydrogen-bond acceptors (Lipinski definition) is 3. The summed E-state index contributed by atoms with van der Waals surface area (Å²) in [5.74, 6) is 1.10. The van der Waals surface area contributed by atoms with Crippen LogP contribution in [-0.4, -0.2) is 34.2 Å². The quantitative estimate of drug-likeness (QED) is 0.870. The lowest BCUT2D eigenvalue weighted by atomic mass is 10.1. The van der Waals surface area contributed by atoms with Crippen molar-refractivity contribution in [2.75, 3.05) is 6.61 Å². The summed E-state index contributed by atoms with van der Waals surface area (Å²) in [6.07, 6.45) is 3.53. The summed E-state index contributed by atoms with van der Waals surface area (Å²) in [5.41, 5.74) is 1.04. The minimum absolute atomic E-state index is 0.0258. The van der Waals surface area contributed by atoms with Gasteiger partial charge < -0.3 is 14.6 Å². The highest BCUT2D eigenvalue weighted by Gasteiger charge is 2.23. The van der Waals surface area contributed by atoms with Gasteiger partial charge in [0, 0.05) is 31.8 Å². The molecule has 1 aliphatic heterocycles. The van der Waals surface area contributed by atoms with Crippen LogP contribution in [-0.2, 0) is 22.5 Å². The minimum Gasteiger partial charge on any atom is -0.369 e. The molecular formula is C13H21N3O2. The molecule has 2 rings (SSSR count). The molecule has 2 heterocycles. The van der Waals surface area contributed by atoms with E-state index in [2.05, 4.69) is 14.9 Å². The Balaban J connectivity index is 1.91. The van der Waals surface area contributed by atoms with Crippen molar-refractivity contribution >= 4 is 5.91 Å². The molecule has 18 heavy (non-hydrogen) atoms. The maximum absolute atomic E-state index is 11.9. The summed E-state index contributed by atoms with van der Waals surface area (Å²) in [6.45, 7) is 7.04. The molecule has 100 valence electrons. The normalized spacial score (nSPS) is 20.3. The highest BCUT2D eigenvalue weighted by atomic mass is 16.5. The van der Waals surface area contributed by atoms with Crippen molar-refractivity contribution in [1.29, 1.82) is 0 Å². The summed E-state index contributed by atoms with van der Waals surface area (Å²) in [7, 11) is 0. The molecule has 0 saturated carbocycles. The minimum atomic E-state index is -0.374. The molecule has 2 unspecified atom stereocenters. The monoisotopic (exact) mass is 251 g/mol. The van der Waals surface area contributed by atoms with E-state index in [1.165, 1.54) is 0 Å². The predicted molar refractivity (Wildman–Crippen MR) is 68.3 cm³/mol. The molecule has 0 bridgehead atoms. The Labute approximate surface area is 108 Å². The van der Waals surface area contributed by atoms with E-state index in [-0.39, 0.29) is 18.1 Å². The van der Waals surface area contributed by atoms with Gasteiger partial charge in [-0.2, -0.15) is 0 Å². The van der Waals surface area contributed by atoms with Gasteiger partial charge in [0.05, 0.1) is 5.69 Å².